The van der Waals surface area contributed by atoms with Gasteiger partial charge in [-0.05, 0) is 49.2 Å². The first-order valence-corrected chi connectivity index (χ1v) is 8.22. The maximum absolute atomic E-state index is 12.8. The van der Waals surface area contributed by atoms with E-state index in [9.17, 15) is 4.79 Å². The smallest absolute Gasteiger partial charge is 0.255 e. The van der Waals surface area contributed by atoms with Gasteiger partial charge < -0.3 is 20.7 Å². The zero-order valence-corrected chi connectivity index (χ0v) is 13.9. The van der Waals surface area contributed by atoms with Crippen LogP contribution in [-0.2, 0) is 0 Å². The van der Waals surface area contributed by atoms with Crippen molar-refractivity contribution in [2.24, 2.45) is 5.73 Å². The summed E-state index contributed by atoms with van der Waals surface area (Å²) < 4.78 is 5.17. The number of hydrogen-bond acceptors (Lipinski definition) is 4. The van der Waals surface area contributed by atoms with Crippen LogP contribution in [-0.4, -0.2) is 37.0 Å². The Hall–Kier alpha value is -2.53. The Morgan fingerprint density at radius 2 is 1.79 bits per heavy atom. The number of hydrogen-bond donors (Lipinski definition) is 2. The minimum atomic E-state index is 0.0542. The van der Waals surface area contributed by atoms with Crippen LogP contribution >= 0.6 is 0 Å². The molecule has 1 aliphatic heterocycles. The fourth-order valence-corrected chi connectivity index (χ4v) is 2.88. The van der Waals surface area contributed by atoms with Gasteiger partial charge in [0.15, 0.2) is 0 Å². The van der Waals surface area contributed by atoms with E-state index in [2.05, 4.69) is 5.32 Å². The predicted octanol–water partition coefficient (Wildman–Crippen LogP) is 3.00. The van der Waals surface area contributed by atoms with Crippen molar-refractivity contribution in [2.45, 2.75) is 18.9 Å². The molecule has 1 amide bonds. The van der Waals surface area contributed by atoms with Crippen molar-refractivity contribution in [1.82, 2.24) is 4.90 Å². The van der Waals surface area contributed by atoms with E-state index in [-0.39, 0.29) is 11.9 Å². The number of para-hydroxylation sites is 1. The molecule has 0 bridgehead atoms. The molecule has 0 saturated carbocycles. The Balaban J connectivity index is 1.78. The van der Waals surface area contributed by atoms with Gasteiger partial charge in [-0.3, -0.25) is 4.79 Å². The quantitative estimate of drug-likeness (QED) is 0.907. The lowest BCUT2D eigenvalue weighted by molar-refractivity contribution is 0.0716. The number of piperidine rings is 1. The van der Waals surface area contributed by atoms with Crippen LogP contribution in [0.25, 0.3) is 0 Å². The molecule has 0 unspecified atom stereocenters. The number of benzene rings is 2. The molecule has 5 heteroatoms. The molecule has 1 fully saturated rings. The second kappa shape index (κ2) is 7.36. The van der Waals surface area contributed by atoms with Gasteiger partial charge in [0.05, 0.1) is 18.4 Å². The number of anilines is 2. The van der Waals surface area contributed by atoms with Crippen molar-refractivity contribution in [3.63, 3.8) is 0 Å². The van der Waals surface area contributed by atoms with Gasteiger partial charge in [0, 0.05) is 24.8 Å². The fraction of sp³-hybridized carbons (Fsp3) is 0.316. The number of amides is 1. The molecule has 1 aliphatic rings. The van der Waals surface area contributed by atoms with Crippen molar-refractivity contribution >= 4 is 17.3 Å². The number of likely N-dealkylation sites (tertiary alicyclic amines) is 1. The number of methoxy groups -OCH3 is 1. The Bertz CT molecular complexity index is 692. The highest BCUT2D eigenvalue weighted by Gasteiger charge is 2.23. The summed E-state index contributed by atoms with van der Waals surface area (Å²) >= 11 is 0. The molecule has 1 heterocycles. The highest BCUT2D eigenvalue weighted by atomic mass is 16.5. The van der Waals surface area contributed by atoms with E-state index in [1.54, 1.807) is 7.11 Å². The SMILES string of the molecule is COc1ccc(Nc2ccccc2C(=O)N2CCC(N)CC2)cc1. The molecule has 24 heavy (non-hydrogen) atoms. The van der Waals surface area contributed by atoms with Crippen molar-refractivity contribution in [3.05, 3.63) is 54.1 Å². The van der Waals surface area contributed by atoms with E-state index in [1.807, 2.05) is 53.4 Å². The lowest BCUT2D eigenvalue weighted by Crippen LogP contribution is -2.43. The summed E-state index contributed by atoms with van der Waals surface area (Å²) in [4.78, 5) is 14.7. The maximum atomic E-state index is 12.8. The van der Waals surface area contributed by atoms with E-state index >= 15 is 0 Å². The van der Waals surface area contributed by atoms with E-state index in [1.165, 1.54) is 0 Å². The molecule has 0 aliphatic carbocycles. The molecule has 126 valence electrons. The number of carbonyl (C=O) groups excluding carboxylic acids is 1. The molecule has 0 atom stereocenters. The second-order valence-electron chi connectivity index (χ2n) is 6.03. The maximum Gasteiger partial charge on any atom is 0.255 e. The summed E-state index contributed by atoms with van der Waals surface area (Å²) in [5.41, 5.74) is 8.34. The summed E-state index contributed by atoms with van der Waals surface area (Å²) in [7, 11) is 1.64. The molecular formula is C19H23N3O2. The first-order chi connectivity index (χ1) is 11.7. The van der Waals surface area contributed by atoms with Crippen LogP contribution in [0.4, 0.5) is 11.4 Å². The van der Waals surface area contributed by atoms with Gasteiger partial charge in [-0.25, -0.2) is 0 Å². The van der Waals surface area contributed by atoms with Crippen LogP contribution in [0.3, 0.4) is 0 Å². The Morgan fingerprint density at radius 1 is 1.12 bits per heavy atom. The summed E-state index contributed by atoms with van der Waals surface area (Å²) in [5, 5.41) is 3.32. The fourth-order valence-electron chi connectivity index (χ4n) is 2.88. The van der Waals surface area contributed by atoms with Crippen molar-refractivity contribution in [1.29, 1.82) is 0 Å². The molecule has 5 nitrogen and oxygen atoms in total. The predicted molar refractivity (Wildman–Crippen MR) is 95.8 cm³/mol. The molecule has 0 aromatic heterocycles. The average molecular weight is 325 g/mol. The summed E-state index contributed by atoms with van der Waals surface area (Å²) in [6.45, 7) is 1.44. The second-order valence-corrected chi connectivity index (χ2v) is 6.03. The minimum absolute atomic E-state index is 0.0542. The standard InChI is InChI=1S/C19H23N3O2/c1-24-16-8-6-15(7-9-16)21-18-5-3-2-4-17(18)19(23)22-12-10-14(20)11-13-22/h2-9,14,21H,10-13,20H2,1H3. The number of ether oxygens (including phenoxy) is 1. The molecule has 3 N–H and O–H groups in total. The Labute approximate surface area is 142 Å². The Morgan fingerprint density at radius 3 is 2.46 bits per heavy atom. The van der Waals surface area contributed by atoms with Crippen molar-refractivity contribution in [3.8, 4) is 5.75 Å². The summed E-state index contributed by atoms with van der Waals surface area (Å²) in [6.07, 6.45) is 1.72. The number of nitrogens with zero attached hydrogens (tertiary/aromatic N) is 1. The number of rotatable bonds is 4. The van der Waals surface area contributed by atoms with Gasteiger partial charge >= 0.3 is 0 Å². The van der Waals surface area contributed by atoms with E-state index in [0.717, 1.165) is 43.1 Å². The summed E-state index contributed by atoms with van der Waals surface area (Å²) in [6, 6.07) is 15.5. The first-order valence-electron chi connectivity index (χ1n) is 8.22. The van der Waals surface area contributed by atoms with Crippen LogP contribution in [0.2, 0.25) is 0 Å². The number of carbonyl (C=O) groups is 1. The Kier molecular flexibility index (Phi) is 5.01. The van der Waals surface area contributed by atoms with Crippen molar-refractivity contribution in [2.75, 3.05) is 25.5 Å². The molecule has 2 aromatic carbocycles. The van der Waals surface area contributed by atoms with Gasteiger partial charge in [0.2, 0.25) is 0 Å². The number of nitrogens with two attached hydrogens (primary N) is 1. The summed E-state index contributed by atoms with van der Waals surface area (Å²) in [5.74, 6) is 0.855. The van der Waals surface area contributed by atoms with Gasteiger partial charge in [-0.1, -0.05) is 12.1 Å². The lowest BCUT2D eigenvalue weighted by atomic mass is 10.0. The highest BCUT2D eigenvalue weighted by Crippen LogP contribution is 2.24. The third-order valence-corrected chi connectivity index (χ3v) is 4.35. The molecule has 0 radical (unpaired) electrons. The third-order valence-electron chi connectivity index (χ3n) is 4.35. The third kappa shape index (κ3) is 3.68. The molecule has 1 saturated heterocycles. The van der Waals surface area contributed by atoms with E-state index in [4.69, 9.17) is 10.5 Å². The van der Waals surface area contributed by atoms with E-state index < -0.39 is 0 Å². The van der Waals surface area contributed by atoms with Gasteiger partial charge in [0.1, 0.15) is 5.75 Å². The van der Waals surface area contributed by atoms with Crippen LogP contribution in [0.15, 0.2) is 48.5 Å². The zero-order valence-electron chi connectivity index (χ0n) is 13.9. The first kappa shape index (κ1) is 16.3. The highest BCUT2D eigenvalue weighted by molar-refractivity contribution is 6.00. The van der Waals surface area contributed by atoms with Crippen LogP contribution < -0.4 is 15.8 Å². The zero-order chi connectivity index (χ0) is 16.9. The number of nitrogens with one attached hydrogen (secondary N) is 1. The van der Waals surface area contributed by atoms with Gasteiger partial charge in [-0.2, -0.15) is 0 Å². The largest absolute Gasteiger partial charge is 0.497 e. The molecular weight excluding hydrogens is 302 g/mol. The van der Waals surface area contributed by atoms with Crippen LogP contribution in [0.5, 0.6) is 5.75 Å². The van der Waals surface area contributed by atoms with Gasteiger partial charge in [-0.15, -0.1) is 0 Å². The van der Waals surface area contributed by atoms with Crippen LogP contribution in [0.1, 0.15) is 23.2 Å². The van der Waals surface area contributed by atoms with Crippen LogP contribution in [0, 0.1) is 0 Å². The molecule has 0 spiro atoms. The van der Waals surface area contributed by atoms with Crippen molar-refractivity contribution < 1.29 is 9.53 Å². The van der Waals surface area contributed by atoms with E-state index in [0.29, 0.717) is 5.56 Å². The molecule has 3 rings (SSSR count). The topological polar surface area (TPSA) is 67.6 Å². The monoisotopic (exact) mass is 325 g/mol. The average Bonchev–Trinajstić information content (AvgIpc) is 2.63. The lowest BCUT2D eigenvalue weighted by Gasteiger charge is -2.30. The van der Waals surface area contributed by atoms with Gasteiger partial charge in [0.25, 0.3) is 5.91 Å². The molecule has 2 aromatic rings. The minimum Gasteiger partial charge on any atom is -0.497 e. The normalized spacial score (nSPS) is 15.2.